The van der Waals surface area contributed by atoms with Gasteiger partial charge in [0.05, 0.1) is 30.6 Å². The zero-order valence-electron chi connectivity index (χ0n) is 22.1. The van der Waals surface area contributed by atoms with Crippen molar-refractivity contribution in [2.75, 3.05) is 17.3 Å². The number of benzene rings is 2. The van der Waals surface area contributed by atoms with Crippen molar-refractivity contribution >= 4 is 34.6 Å². The van der Waals surface area contributed by atoms with Crippen molar-refractivity contribution in [2.24, 2.45) is 0 Å². The van der Waals surface area contributed by atoms with Gasteiger partial charge in [-0.05, 0) is 87.1 Å². The maximum Gasteiger partial charge on any atom is 0.221 e. The Morgan fingerprint density at radius 1 is 1.03 bits per heavy atom. The molecule has 0 spiro atoms. The van der Waals surface area contributed by atoms with Crippen molar-refractivity contribution in [3.63, 3.8) is 0 Å². The van der Waals surface area contributed by atoms with Crippen molar-refractivity contribution < 1.29 is 9.53 Å². The van der Waals surface area contributed by atoms with Crippen LogP contribution in [0.25, 0.3) is 5.69 Å². The average Bonchev–Trinajstić information content (AvgIpc) is 3.39. The van der Waals surface area contributed by atoms with E-state index in [2.05, 4.69) is 76.2 Å². The monoisotopic (exact) mass is 525 g/mol. The van der Waals surface area contributed by atoms with Crippen molar-refractivity contribution in [1.82, 2.24) is 14.9 Å². The number of thiocarbonyl (C=S) groups is 1. The molecular weight excluding hydrogens is 494 g/mol. The summed E-state index contributed by atoms with van der Waals surface area (Å²) in [5.41, 5.74) is 8.07. The SMILES string of the molecule is COc1ccc(N2C(=S)N[C@H](c3ccccn3)[C@@H]2c2cc(C)n(-c3ccc(C)cc3)c2C)cc1NC(C)=O. The standard InChI is InChI=1S/C30H31N5O2S/c1-18-9-11-22(12-10-18)34-19(2)16-24(20(34)3)29-28(25-8-6-7-15-31-25)33-30(38)35(29)23-13-14-27(37-5)26(17-23)32-21(4)36/h6-17,28-29H,1-5H3,(H,32,36)(H,33,38)/t28-,29+/m1/s1. The summed E-state index contributed by atoms with van der Waals surface area (Å²) in [6.45, 7) is 7.84. The highest BCUT2D eigenvalue weighted by molar-refractivity contribution is 7.80. The minimum atomic E-state index is -0.179. The molecule has 0 saturated carbocycles. The van der Waals surface area contributed by atoms with Gasteiger partial charge in [-0.25, -0.2) is 0 Å². The zero-order chi connectivity index (χ0) is 27.0. The third-order valence-corrected chi connectivity index (χ3v) is 7.27. The number of nitrogens with one attached hydrogen (secondary N) is 2. The van der Waals surface area contributed by atoms with E-state index in [4.69, 9.17) is 17.0 Å². The highest BCUT2D eigenvalue weighted by Gasteiger charge is 2.42. The van der Waals surface area contributed by atoms with Gasteiger partial charge in [-0.1, -0.05) is 23.8 Å². The highest BCUT2D eigenvalue weighted by atomic mass is 32.1. The van der Waals surface area contributed by atoms with E-state index in [9.17, 15) is 4.79 Å². The van der Waals surface area contributed by atoms with Gasteiger partial charge in [-0.2, -0.15) is 0 Å². The molecule has 1 amide bonds. The largest absolute Gasteiger partial charge is 0.495 e. The molecule has 194 valence electrons. The number of aromatic nitrogens is 2. The van der Waals surface area contributed by atoms with Crippen LogP contribution in [0.15, 0.2) is 72.9 Å². The zero-order valence-corrected chi connectivity index (χ0v) is 23.0. The van der Waals surface area contributed by atoms with Gasteiger partial charge in [0.2, 0.25) is 5.91 Å². The van der Waals surface area contributed by atoms with Crippen LogP contribution in [0.3, 0.4) is 0 Å². The first-order valence-electron chi connectivity index (χ1n) is 12.5. The molecule has 2 aromatic carbocycles. The van der Waals surface area contributed by atoms with Crippen LogP contribution in [0.5, 0.6) is 5.75 Å². The van der Waals surface area contributed by atoms with Crippen LogP contribution in [0.1, 0.15) is 47.2 Å². The molecule has 3 heterocycles. The molecule has 4 aromatic rings. The number of ether oxygens (including phenoxy) is 1. The first-order valence-corrected chi connectivity index (χ1v) is 12.9. The Morgan fingerprint density at radius 3 is 2.42 bits per heavy atom. The highest BCUT2D eigenvalue weighted by Crippen LogP contribution is 2.45. The van der Waals surface area contributed by atoms with Gasteiger partial charge in [0.1, 0.15) is 5.75 Å². The Balaban J connectivity index is 1.67. The van der Waals surface area contributed by atoms with Crippen molar-refractivity contribution in [3.05, 3.63) is 101 Å². The van der Waals surface area contributed by atoms with E-state index in [1.54, 1.807) is 13.3 Å². The fourth-order valence-electron chi connectivity index (χ4n) is 5.26. The number of carbonyl (C=O) groups excluding carboxylic acids is 1. The van der Waals surface area contributed by atoms with Gasteiger partial charge >= 0.3 is 0 Å². The quantitative estimate of drug-likeness (QED) is 0.304. The van der Waals surface area contributed by atoms with Crippen LogP contribution in [-0.4, -0.2) is 27.7 Å². The number of nitrogens with zero attached hydrogens (tertiary/aromatic N) is 3. The second-order valence-electron chi connectivity index (χ2n) is 9.56. The van der Waals surface area contributed by atoms with Crippen molar-refractivity contribution in [1.29, 1.82) is 0 Å². The maximum absolute atomic E-state index is 11.9. The minimum absolute atomic E-state index is 0.174. The summed E-state index contributed by atoms with van der Waals surface area (Å²) < 4.78 is 7.77. The summed E-state index contributed by atoms with van der Waals surface area (Å²) in [7, 11) is 1.59. The molecule has 7 nitrogen and oxygen atoms in total. The van der Waals surface area contributed by atoms with Gasteiger partial charge < -0.3 is 24.8 Å². The first kappa shape index (κ1) is 25.5. The fourth-order valence-corrected chi connectivity index (χ4v) is 5.61. The predicted molar refractivity (Wildman–Crippen MR) is 155 cm³/mol. The molecule has 0 aliphatic carbocycles. The molecule has 1 saturated heterocycles. The van der Waals surface area contributed by atoms with Crippen LogP contribution < -0.4 is 20.3 Å². The van der Waals surface area contributed by atoms with E-state index in [0.717, 1.165) is 34.0 Å². The normalized spacial score (nSPS) is 16.9. The van der Waals surface area contributed by atoms with Gasteiger partial charge in [-0.15, -0.1) is 0 Å². The van der Waals surface area contributed by atoms with E-state index in [1.807, 2.05) is 36.4 Å². The minimum Gasteiger partial charge on any atom is -0.495 e. The number of carbonyl (C=O) groups is 1. The van der Waals surface area contributed by atoms with E-state index >= 15 is 0 Å². The van der Waals surface area contributed by atoms with Crippen LogP contribution in [-0.2, 0) is 4.79 Å². The summed E-state index contributed by atoms with van der Waals surface area (Å²) in [4.78, 5) is 18.7. The van der Waals surface area contributed by atoms with Gasteiger partial charge in [0, 0.05) is 35.9 Å². The summed E-state index contributed by atoms with van der Waals surface area (Å²) in [6.07, 6.45) is 1.80. The molecule has 2 aromatic heterocycles. The number of hydrogen-bond acceptors (Lipinski definition) is 4. The van der Waals surface area contributed by atoms with Crippen LogP contribution in [0, 0.1) is 20.8 Å². The molecule has 8 heteroatoms. The Kier molecular flexibility index (Phi) is 6.91. The number of rotatable bonds is 6. The van der Waals surface area contributed by atoms with Crippen LogP contribution in [0.4, 0.5) is 11.4 Å². The molecule has 1 aliphatic rings. The second-order valence-corrected chi connectivity index (χ2v) is 9.95. The lowest BCUT2D eigenvalue weighted by molar-refractivity contribution is -0.114. The summed E-state index contributed by atoms with van der Waals surface area (Å²) >= 11 is 5.92. The second kappa shape index (κ2) is 10.3. The molecule has 0 unspecified atom stereocenters. The maximum atomic E-state index is 11.9. The molecule has 1 fully saturated rings. The van der Waals surface area contributed by atoms with E-state index in [0.29, 0.717) is 16.5 Å². The molecule has 2 atom stereocenters. The lowest BCUT2D eigenvalue weighted by Gasteiger charge is -2.29. The molecular formula is C30H31N5O2S. The molecule has 0 radical (unpaired) electrons. The fraction of sp³-hybridized carbons (Fsp3) is 0.233. The predicted octanol–water partition coefficient (Wildman–Crippen LogP) is 5.94. The smallest absolute Gasteiger partial charge is 0.221 e. The average molecular weight is 526 g/mol. The molecule has 1 aliphatic heterocycles. The number of anilines is 2. The van der Waals surface area contributed by atoms with Crippen LogP contribution >= 0.6 is 12.2 Å². The number of aryl methyl sites for hydroxylation is 2. The van der Waals surface area contributed by atoms with E-state index in [-0.39, 0.29) is 18.0 Å². The Bertz CT molecular complexity index is 1500. The van der Waals surface area contributed by atoms with Gasteiger partial charge in [0.25, 0.3) is 0 Å². The molecule has 5 rings (SSSR count). The summed E-state index contributed by atoms with van der Waals surface area (Å²) in [5, 5.41) is 6.99. The third-order valence-electron chi connectivity index (χ3n) is 6.95. The first-order chi connectivity index (χ1) is 18.3. The van der Waals surface area contributed by atoms with E-state index < -0.39 is 0 Å². The lowest BCUT2D eigenvalue weighted by atomic mass is 9.96. The Hall–Kier alpha value is -4.17. The van der Waals surface area contributed by atoms with Gasteiger partial charge in [-0.3, -0.25) is 9.78 Å². The molecule has 0 bridgehead atoms. The van der Waals surface area contributed by atoms with Crippen molar-refractivity contribution in [3.8, 4) is 11.4 Å². The van der Waals surface area contributed by atoms with Crippen LogP contribution in [0.2, 0.25) is 0 Å². The summed E-state index contributed by atoms with van der Waals surface area (Å²) in [6, 6.07) is 22.1. The number of hydrogen-bond donors (Lipinski definition) is 2. The molecule has 38 heavy (non-hydrogen) atoms. The molecule has 2 N–H and O–H groups in total. The lowest BCUT2D eigenvalue weighted by Crippen LogP contribution is -2.29. The number of methoxy groups -OCH3 is 1. The number of amides is 1. The Labute approximate surface area is 228 Å². The van der Waals surface area contributed by atoms with Gasteiger partial charge in [0.15, 0.2) is 5.11 Å². The number of pyridine rings is 1. The summed E-state index contributed by atoms with van der Waals surface area (Å²) in [5.74, 6) is 0.407. The topological polar surface area (TPSA) is 71.4 Å². The van der Waals surface area contributed by atoms with Crippen molar-refractivity contribution in [2.45, 2.75) is 39.8 Å². The Morgan fingerprint density at radius 2 is 1.76 bits per heavy atom. The van der Waals surface area contributed by atoms with E-state index in [1.165, 1.54) is 12.5 Å². The third kappa shape index (κ3) is 4.63.